The van der Waals surface area contributed by atoms with Gasteiger partial charge in [-0.1, -0.05) is 26.0 Å². The Morgan fingerprint density at radius 2 is 2.15 bits per heavy atom. The molecule has 0 saturated heterocycles. The number of nitrogens with one attached hydrogen (secondary N) is 1. The smallest absolute Gasteiger partial charge is 0.280 e. The van der Waals surface area contributed by atoms with Gasteiger partial charge in [0.1, 0.15) is 0 Å². The Morgan fingerprint density at radius 3 is 2.85 bits per heavy atom. The number of nitro groups is 1. The van der Waals surface area contributed by atoms with E-state index in [9.17, 15) is 10.1 Å². The van der Waals surface area contributed by atoms with E-state index in [0.29, 0.717) is 29.7 Å². The van der Waals surface area contributed by atoms with Crippen LogP contribution in [-0.2, 0) is 6.42 Å². The number of para-hydroxylation sites is 1. The molecule has 1 N–H and O–H groups in total. The van der Waals surface area contributed by atoms with Gasteiger partial charge >= 0.3 is 0 Å². The maximum absolute atomic E-state index is 11.0. The lowest BCUT2D eigenvalue weighted by Crippen LogP contribution is -2.24. The highest BCUT2D eigenvalue weighted by molar-refractivity contribution is 5.68. The summed E-state index contributed by atoms with van der Waals surface area (Å²) in [5.74, 6) is 1.00. The van der Waals surface area contributed by atoms with Crippen LogP contribution in [0.4, 0.5) is 5.69 Å². The number of oxazole rings is 1. The van der Waals surface area contributed by atoms with Gasteiger partial charge in [0.25, 0.3) is 5.69 Å². The number of rotatable bonds is 6. The molecule has 0 fully saturated rings. The molecule has 0 saturated carbocycles. The highest BCUT2D eigenvalue weighted by Gasteiger charge is 2.17. The Morgan fingerprint density at radius 1 is 1.40 bits per heavy atom. The first-order chi connectivity index (χ1) is 9.58. The van der Waals surface area contributed by atoms with Crippen molar-refractivity contribution in [2.24, 2.45) is 0 Å². The average Bonchev–Trinajstić information content (AvgIpc) is 2.87. The Hall–Kier alpha value is -2.21. The molecule has 6 nitrogen and oxygen atoms in total. The van der Waals surface area contributed by atoms with Gasteiger partial charge in [0.2, 0.25) is 0 Å². The Balaban J connectivity index is 2.15. The lowest BCUT2D eigenvalue weighted by Gasteiger charge is -2.05. The predicted octanol–water partition coefficient (Wildman–Crippen LogP) is 2.79. The van der Waals surface area contributed by atoms with Gasteiger partial charge in [0.15, 0.2) is 11.7 Å². The zero-order valence-electron chi connectivity index (χ0n) is 11.5. The maximum Gasteiger partial charge on any atom is 0.280 e. The minimum Gasteiger partial charge on any atom is -0.440 e. The van der Waals surface area contributed by atoms with Gasteiger partial charge < -0.3 is 9.73 Å². The normalized spacial score (nSPS) is 10.9. The summed E-state index contributed by atoms with van der Waals surface area (Å²) in [6.07, 6.45) is 2.19. The minimum atomic E-state index is -0.419. The van der Waals surface area contributed by atoms with Crippen molar-refractivity contribution in [1.82, 2.24) is 10.3 Å². The molecule has 2 aromatic rings. The zero-order valence-corrected chi connectivity index (χ0v) is 11.5. The van der Waals surface area contributed by atoms with Crippen LogP contribution in [0.3, 0.4) is 0 Å². The van der Waals surface area contributed by atoms with Gasteiger partial charge in [-0.3, -0.25) is 10.1 Å². The molecule has 0 spiro atoms. The van der Waals surface area contributed by atoms with Gasteiger partial charge in [-0.2, -0.15) is 0 Å². The molecule has 0 aliphatic heterocycles. The van der Waals surface area contributed by atoms with Crippen molar-refractivity contribution < 1.29 is 9.34 Å². The quantitative estimate of drug-likeness (QED) is 0.647. The van der Waals surface area contributed by atoms with Crippen molar-refractivity contribution in [3.63, 3.8) is 0 Å². The molecular weight excluding hydrogens is 258 g/mol. The van der Waals surface area contributed by atoms with Crippen LogP contribution in [0.25, 0.3) is 11.3 Å². The number of hydrogen-bond acceptors (Lipinski definition) is 5. The number of benzene rings is 1. The summed E-state index contributed by atoms with van der Waals surface area (Å²) in [6.45, 7) is 4.89. The van der Waals surface area contributed by atoms with Gasteiger partial charge in [-0.25, -0.2) is 4.98 Å². The van der Waals surface area contributed by atoms with Gasteiger partial charge in [0, 0.05) is 25.1 Å². The highest BCUT2D eigenvalue weighted by Crippen LogP contribution is 2.29. The molecule has 1 aromatic carbocycles. The minimum absolute atomic E-state index is 0.0236. The second kappa shape index (κ2) is 6.29. The second-order valence-corrected chi connectivity index (χ2v) is 4.75. The summed E-state index contributed by atoms with van der Waals surface area (Å²) < 4.78 is 5.59. The van der Waals surface area contributed by atoms with Gasteiger partial charge in [0.05, 0.1) is 16.7 Å². The van der Waals surface area contributed by atoms with Gasteiger partial charge in [-0.15, -0.1) is 0 Å². The number of nitrogens with zero attached hydrogens (tertiary/aromatic N) is 2. The molecule has 0 atom stereocenters. The molecule has 0 aliphatic rings. The zero-order chi connectivity index (χ0) is 14.5. The molecule has 1 aromatic heterocycles. The van der Waals surface area contributed by atoms with E-state index >= 15 is 0 Å². The molecule has 6 heteroatoms. The summed E-state index contributed by atoms with van der Waals surface area (Å²) in [5.41, 5.74) is 0.476. The Bertz CT molecular complexity index is 593. The van der Waals surface area contributed by atoms with E-state index in [-0.39, 0.29) is 5.69 Å². The van der Waals surface area contributed by atoms with E-state index in [0.717, 1.165) is 6.54 Å². The summed E-state index contributed by atoms with van der Waals surface area (Å²) in [4.78, 5) is 14.7. The van der Waals surface area contributed by atoms with Crippen LogP contribution in [0.15, 0.2) is 34.9 Å². The van der Waals surface area contributed by atoms with Crippen molar-refractivity contribution in [2.45, 2.75) is 26.3 Å². The molecule has 0 amide bonds. The lowest BCUT2D eigenvalue weighted by atomic mass is 10.1. The average molecular weight is 275 g/mol. The third kappa shape index (κ3) is 3.42. The molecule has 20 heavy (non-hydrogen) atoms. The summed E-state index contributed by atoms with van der Waals surface area (Å²) >= 11 is 0. The van der Waals surface area contributed by atoms with Crippen LogP contribution >= 0.6 is 0 Å². The molecule has 2 rings (SSSR count). The third-order valence-corrected chi connectivity index (χ3v) is 2.81. The van der Waals surface area contributed by atoms with Crippen molar-refractivity contribution in [3.8, 4) is 11.3 Å². The first kappa shape index (κ1) is 14.2. The van der Waals surface area contributed by atoms with Crippen LogP contribution < -0.4 is 5.32 Å². The fourth-order valence-corrected chi connectivity index (χ4v) is 1.86. The SMILES string of the molecule is CC(C)NCCc1ncc(-c2ccccc2[N+](=O)[O-])o1. The topological polar surface area (TPSA) is 81.2 Å². The molecular formula is C14H17N3O3. The predicted molar refractivity (Wildman–Crippen MR) is 75.4 cm³/mol. The third-order valence-electron chi connectivity index (χ3n) is 2.81. The molecule has 0 bridgehead atoms. The van der Waals surface area contributed by atoms with E-state index < -0.39 is 4.92 Å². The highest BCUT2D eigenvalue weighted by atomic mass is 16.6. The van der Waals surface area contributed by atoms with Crippen molar-refractivity contribution in [2.75, 3.05) is 6.54 Å². The fourth-order valence-electron chi connectivity index (χ4n) is 1.86. The van der Waals surface area contributed by atoms with E-state index in [1.165, 1.54) is 12.3 Å². The monoisotopic (exact) mass is 275 g/mol. The maximum atomic E-state index is 11.0. The molecule has 1 heterocycles. The first-order valence-corrected chi connectivity index (χ1v) is 6.50. The van der Waals surface area contributed by atoms with Crippen molar-refractivity contribution in [1.29, 1.82) is 0 Å². The van der Waals surface area contributed by atoms with Gasteiger partial charge in [-0.05, 0) is 6.07 Å². The Labute approximate surface area is 117 Å². The lowest BCUT2D eigenvalue weighted by molar-refractivity contribution is -0.384. The molecule has 0 unspecified atom stereocenters. The fraction of sp³-hybridized carbons (Fsp3) is 0.357. The van der Waals surface area contributed by atoms with Crippen LogP contribution in [0, 0.1) is 10.1 Å². The summed E-state index contributed by atoms with van der Waals surface area (Å²) in [7, 11) is 0. The number of aromatic nitrogens is 1. The van der Waals surface area contributed by atoms with Crippen molar-refractivity contribution >= 4 is 5.69 Å². The van der Waals surface area contributed by atoms with E-state index in [1.807, 2.05) is 0 Å². The molecule has 0 aliphatic carbocycles. The summed E-state index contributed by atoms with van der Waals surface area (Å²) in [6, 6.07) is 6.89. The number of hydrogen-bond donors (Lipinski definition) is 1. The first-order valence-electron chi connectivity index (χ1n) is 6.50. The Kier molecular flexibility index (Phi) is 4.47. The van der Waals surface area contributed by atoms with Crippen molar-refractivity contribution in [3.05, 3.63) is 46.5 Å². The standard InChI is InChI=1S/C14H17N3O3/c1-10(2)15-8-7-14-16-9-13(20-14)11-5-3-4-6-12(11)17(18)19/h3-6,9-10,15H,7-8H2,1-2H3. The van der Waals surface area contributed by atoms with Crippen LogP contribution in [0.2, 0.25) is 0 Å². The second-order valence-electron chi connectivity index (χ2n) is 4.75. The van der Waals surface area contributed by atoms with E-state index in [4.69, 9.17) is 4.42 Å². The van der Waals surface area contributed by atoms with Crippen LogP contribution in [-0.4, -0.2) is 22.5 Å². The largest absolute Gasteiger partial charge is 0.440 e. The molecule has 0 radical (unpaired) electrons. The van der Waals surface area contributed by atoms with E-state index in [1.54, 1.807) is 18.2 Å². The number of nitro benzene ring substituents is 1. The van der Waals surface area contributed by atoms with Crippen LogP contribution in [0.5, 0.6) is 0 Å². The van der Waals surface area contributed by atoms with Crippen LogP contribution in [0.1, 0.15) is 19.7 Å². The van der Waals surface area contributed by atoms with E-state index in [2.05, 4.69) is 24.1 Å². The summed E-state index contributed by atoms with van der Waals surface area (Å²) in [5, 5.41) is 14.2. The molecule has 106 valence electrons.